The van der Waals surface area contributed by atoms with Crippen molar-refractivity contribution in [1.29, 1.82) is 0 Å². The maximum absolute atomic E-state index is 13.2. The second-order valence-electron chi connectivity index (χ2n) is 7.35. The number of ether oxygens (including phenoxy) is 1. The van der Waals surface area contributed by atoms with Crippen LogP contribution in [0.2, 0.25) is 5.02 Å². The largest absolute Gasteiger partial charge is 0.456 e. The van der Waals surface area contributed by atoms with Crippen LogP contribution in [0, 0.1) is 6.92 Å². The van der Waals surface area contributed by atoms with Crippen LogP contribution < -0.4 is 10.9 Å². The molecule has 0 saturated heterocycles. The van der Waals surface area contributed by atoms with Crippen molar-refractivity contribution in [3.05, 3.63) is 98.1 Å². The van der Waals surface area contributed by atoms with E-state index < -0.39 is 34.7 Å². The van der Waals surface area contributed by atoms with E-state index in [1.54, 1.807) is 6.92 Å². The van der Waals surface area contributed by atoms with Gasteiger partial charge in [-0.05, 0) is 37.3 Å². The monoisotopic (exact) mass is 505 g/mol. The minimum Gasteiger partial charge on any atom is -0.456 e. The number of hydrogen-bond acceptors (Lipinski definition) is 6. The number of benzene rings is 2. The van der Waals surface area contributed by atoms with Crippen molar-refractivity contribution < 1.29 is 32.0 Å². The summed E-state index contributed by atoms with van der Waals surface area (Å²) in [7, 11) is 0. The Morgan fingerprint density at radius 2 is 1.89 bits per heavy atom. The molecule has 0 atom stereocenters. The summed E-state index contributed by atoms with van der Waals surface area (Å²) < 4.78 is 51.1. The summed E-state index contributed by atoms with van der Waals surface area (Å²) in [5.41, 5.74) is -1.92. The first kappa shape index (κ1) is 24.0. The molecular formula is C23H15ClF3N3O5. The zero-order valence-corrected chi connectivity index (χ0v) is 18.6. The number of aryl methyl sites for hydroxylation is 1. The summed E-state index contributed by atoms with van der Waals surface area (Å²) in [5.74, 6) is -1.42. The first-order valence-electron chi connectivity index (χ1n) is 9.97. The van der Waals surface area contributed by atoms with Gasteiger partial charge in [0.25, 0.3) is 11.5 Å². The van der Waals surface area contributed by atoms with Crippen molar-refractivity contribution in [2.45, 2.75) is 19.7 Å². The molecule has 0 unspecified atom stereocenters. The quantitative estimate of drug-likeness (QED) is 0.388. The van der Waals surface area contributed by atoms with Gasteiger partial charge in [0.15, 0.2) is 5.65 Å². The van der Waals surface area contributed by atoms with Gasteiger partial charge in [-0.2, -0.15) is 13.2 Å². The van der Waals surface area contributed by atoms with Crippen LogP contribution >= 0.6 is 11.6 Å². The standard InChI is InChI=1S/C23H15ClF3N3O5/c1-12-8-19-28-14(10-20(31)30(19)35-12)11-34-22(33)13-6-7-17(24)18(9-13)29-21(32)15-4-2-3-5-16(15)23(25,26)27/h2-10H,11H2,1H3,(H,29,32). The Bertz CT molecular complexity index is 1510. The molecule has 4 aromatic rings. The van der Waals surface area contributed by atoms with Crippen LogP contribution in [0.5, 0.6) is 0 Å². The second-order valence-corrected chi connectivity index (χ2v) is 7.76. The van der Waals surface area contributed by atoms with Crippen LogP contribution in [0.25, 0.3) is 5.65 Å². The summed E-state index contributed by atoms with van der Waals surface area (Å²) >= 11 is 6.06. The van der Waals surface area contributed by atoms with Gasteiger partial charge in [-0.3, -0.25) is 9.59 Å². The molecule has 2 aromatic heterocycles. The average molecular weight is 506 g/mol. The Labute approximate surface area is 199 Å². The second kappa shape index (κ2) is 9.26. The molecule has 35 heavy (non-hydrogen) atoms. The van der Waals surface area contributed by atoms with Gasteiger partial charge in [0.2, 0.25) is 0 Å². The summed E-state index contributed by atoms with van der Waals surface area (Å²) in [6, 6.07) is 10.7. The third-order valence-electron chi connectivity index (χ3n) is 4.80. The van der Waals surface area contributed by atoms with E-state index in [-0.39, 0.29) is 34.2 Å². The summed E-state index contributed by atoms with van der Waals surface area (Å²) in [4.78, 5) is 41.3. The van der Waals surface area contributed by atoms with Crippen molar-refractivity contribution in [2.24, 2.45) is 0 Å². The number of esters is 1. The predicted molar refractivity (Wildman–Crippen MR) is 118 cm³/mol. The van der Waals surface area contributed by atoms with Gasteiger partial charge < -0.3 is 14.6 Å². The number of carbonyl (C=O) groups is 2. The highest BCUT2D eigenvalue weighted by atomic mass is 35.5. The van der Waals surface area contributed by atoms with Gasteiger partial charge in [0.1, 0.15) is 12.4 Å². The van der Waals surface area contributed by atoms with E-state index in [2.05, 4.69) is 10.3 Å². The molecule has 1 amide bonds. The fourth-order valence-electron chi connectivity index (χ4n) is 3.24. The van der Waals surface area contributed by atoms with Crippen LogP contribution in [-0.4, -0.2) is 21.4 Å². The normalized spacial score (nSPS) is 11.5. The number of aromatic nitrogens is 2. The topological polar surface area (TPSA) is 103 Å². The van der Waals surface area contributed by atoms with Gasteiger partial charge in [-0.15, -0.1) is 4.57 Å². The molecule has 0 radical (unpaired) electrons. The van der Waals surface area contributed by atoms with E-state index in [0.29, 0.717) is 5.76 Å². The lowest BCUT2D eigenvalue weighted by Crippen LogP contribution is -2.19. The molecule has 180 valence electrons. The van der Waals surface area contributed by atoms with E-state index in [9.17, 15) is 27.6 Å². The fourth-order valence-corrected chi connectivity index (χ4v) is 3.40. The van der Waals surface area contributed by atoms with Crippen LogP contribution in [0.15, 0.2) is 63.9 Å². The Morgan fingerprint density at radius 3 is 2.63 bits per heavy atom. The number of fused-ring (bicyclic) bond motifs is 1. The number of nitrogens with one attached hydrogen (secondary N) is 1. The molecule has 0 aliphatic heterocycles. The Morgan fingerprint density at radius 1 is 1.14 bits per heavy atom. The van der Waals surface area contributed by atoms with Crippen molar-refractivity contribution in [3.8, 4) is 0 Å². The number of amides is 1. The molecule has 8 nitrogen and oxygen atoms in total. The smallest absolute Gasteiger partial charge is 0.417 e. The first-order chi connectivity index (χ1) is 16.5. The lowest BCUT2D eigenvalue weighted by Gasteiger charge is -2.14. The van der Waals surface area contributed by atoms with Gasteiger partial charge in [0, 0.05) is 12.1 Å². The lowest BCUT2D eigenvalue weighted by atomic mass is 10.1. The first-order valence-corrected chi connectivity index (χ1v) is 10.3. The number of carbonyl (C=O) groups excluding carboxylic acids is 2. The molecular weight excluding hydrogens is 491 g/mol. The Hall–Kier alpha value is -4.12. The van der Waals surface area contributed by atoms with E-state index in [0.717, 1.165) is 28.8 Å². The molecule has 0 aliphatic carbocycles. The summed E-state index contributed by atoms with van der Waals surface area (Å²) in [6.07, 6.45) is -4.74. The number of halogens is 4. The summed E-state index contributed by atoms with van der Waals surface area (Å²) in [5, 5.41) is 2.29. The maximum Gasteiger partial charge on any atom is 0.417 e. The average Bonchev–Trinajstić information content (AvgIpc) is 3.19. The molecule has 12 heteroatoms. The third kappa shape index (κ3) is 5.19. The van der Waals surface area contributed by atoms with Crippen LogP contribution in [-0.2, 0) is 17.5 Å². The number of anilines is 1. The molecule has 0 spiro atoms. The molecule has 1 N–H and O–H groups in total. The molecule has 2 heterocycles. The van der Waals surface area contributed by atoms with Gasteiger partial charge >= 0.3 is 12.1 Å². The predicted octanol–water partition coefficient (Wildman–Crippen LogP) is 4.88. The molecule has 4 rings (SSSR count). The van der Waals surface area contributed by atoms with E-state index >= 15 is 0 Å². The van der Waals surface area contributed by atoms with Crippen molar-refractivity contribution in [2.75, 3.05) is 5.32 Å². The number of rotatable bonds is 5. The number of nitrogens with zero attached hydrogens (tertiary/aromatic N) is 2. The van der Waals surface area contributed by atoms with E-state index in [1.165, 1.54) is 30.3 Å². The molecule has 0 bridgehead atoms. The SMILES string of the molecule is Cc1cc2nc(COC(=O)c3ccc(Cl)c(NC(=O)c4ccccc4C(F)(F)F)c3)cc(=O)n2o1. The zero-order valence-electron chi connectivity index (χ0n) is 17.9. The van der Waals surface area contributed by atoms with Gasteiger partial charge in [0.05, 0.1) is 33.1 Å². The highest BCUT2D eigenvalue weighted by Gasteiger charge is 2.35. The number of hydrogen-bond donors (Lipinski definition) is 1. The Balaban J connectivity index is 1.51. The van der Waals surface area contributed by atoms with E-state index in [1.807, 2.05) is 0 Å². The molecule has 0 saturated carbocycles. The van der Waals surface area contributed by atoms with Crippen LogP contribution in [0.4, 0.5) is 18.9 Å². The molecule has 0 aliphatic rings. The molecule has 0 fully saturated rings. The van der Waals surface area contributed by atoms with Crippen molar-refractivity contribution >= 4 is 34.8 Å². The Kier molecular flexibility index (Phi) is 6.35. The fraction of sp³-hybridized carbons (Fsp3) is 0.130. The van der Waals surface area contributed by atoms with Gasteiger partial charge in [-0.25, -0.2) is 9.78 Å². The van der Waals surface area contributed by atoms with Gasteiger partial charge in [-0.1, -0.05) is 23.7 Å². The van der Waals surface area contributed by atoms with Crippen molar-refractivity contribution in [1.82, 2.24) is 9.56 Å². The minimum absolute atomic E-state index is 0.00476. The van der Waals surface area contributed by atoms with Crippen LogP contribution in [0.1, 0.15) is 37.7 Å². The van der Waals surface area contributed by atoms with Crippen molar-refractivity contribution in [3.63, 3.8) is 0 Å². The molecule has 2 aromatic carbocycles. The van der Waals surface area contributed by atoms with Crippen LogP contribution in [0.3, 0.4) is 0 Å². The lowest BCUT2D eigenvalue weighted by molar-refractivity contribution is -0.137. The zero-order chi connectivity index (χ0) is 25.3. The maximum atomic E-state index is 13.2. The number of alkyl halides is 3. The van der Waals surface area contributed by atoms with E-state index in [4.69, 9.17) is 20.9 Å². The highest BCUT2D eigenvalue weighted by molar-refractivity contribution is 6.34. The minimum atomic E-state index is -4.74. The highest BCUT2D eigenvalue weighted by Crippen LogP contribution is 2.33. The summed E-state index contributed by atoms with van der Waals surface area (Å²) in [6.45, 7) is 1.31. The third-order valence-corrected chi connectivity index (χ3v) is 5.13.